The Balaban J connectivity index is 2.33. The highest BCUT2D eigenvalue weighted by Crippen LogP contribution is 2.47. The van der Waals surface area contributed by atoms with E-state index in [1.807, 2.05) is 0 Å². The van der Waals surface area contributed by atoms with Crippen LogP contribution in [0.3, 0.4) is 0 Å². The van der Waals surface area contributed by atoms with Crippen molar-refractivity contribution in [3.63, 3.8) is 0 Å². The molecule has 1 saturated carbocycles. The molecular weight excluding hydrogens is 116 g/mol. The summed E-state index contributed by atoms with van der Waals surface area (Å²) in [5, 5.41) is 0. The molecule has 2 nitrogen and oxygen atoms in total. The quantitative estimate of drug-likeness (QED) is 0.380. The second-order valence-electron chi connectivity index (χ2n) is 2.57. The largest absolute Gasteiger partial charge is 0.353 e. The molecule has 0 aromatic carbocycles. The predicted octanol–water partition coefficient (Wildman–Crippen LogP) is 0.673. The number of epoxide rings is 1. The first kappa shape index (κ1) is 5.18. The molecule has 0 N–H and O–H groups in total. The molecule has 2 heteroatoms. The van der Waals surface area contributed by atoms with Crippen molar-refractivity contribution >= 4 is 5.78 Å². The summed E-state index contributed by atoms with van der Waals surface area (Å²) in [4.78, 5) is 11.0. The molecule has 1 aliphatic carbocycles. The van der Waals surface area contributed by atoms with Crippen molar-refractivity contribution in [3.05, 3.63) is 12.7 Å². The Morgan fingerprint density at radius 2 is 2.67 bits per heavy atom. The third-order valence-corrected chi connectivity index (χ3v) is 2.13. The summed E-state index contributed by atoms with van der Waals surface area (Å²) in [6, 6.07) is 0. The van der Waals surface area contributed by atoms with E-state index >= 15 is 0 Å². The standard InChI is InChI=1S/C7H8O2/c1-2-7-5(8)3-4-6(7)9-7/h2,6H,1,3-4H2. The molecule has 0 amide bonds. The number of hydrogen-bond acceptors (Lipinski definition) is 2. The van der Waals surface area contributed by atoms with Crippen LogP contribution in [0, 0.1) is 0 Å². The summed E-state index contributed by atoms with van der Waals surface area (Å²) >= 11 is 0. The van der Waals surface area contributed by atoms with Gasteiger partial charge in [-0.15, -0.1) is 0 Å². The van der Waals surface area contributed by atoms with Gasteiger partial charge in [0.25, 0.3) is 0 Å². The minimum atomic E-state index is -0.514. The second kappa shape index (κ2) is 1.27. The lowest BCUT2D eigenvalue weighted by molar-refractivity contribution is -0.122. The lowest BCUT2D eigenvalue weighted by Gasteiger charge is -1.95. The maximum atomic E-state index is 11.0. The zero-order valence-electron chi connectivity index (χ0n) is 5.09. The Labute approximate surface area is 53.5 Å². The van der Waals surface area contributed by atoms with Gasteiger partial charge in [0.2, 0.25) is 0 Å². The second-order valence-corrected chi connectivity index (χ2v) is 2.57. The highest BCUT2D eigenvalue weighted by atomic mass is 16.6. The van der Waals surface area contributed by atoms with Crippen molar-refractivity contribution in [1.82, 2.24) is 0 Å². The molecule has 48 valence electrons. The fraction of sp³-hybridized carbons (Fsp3) is 0.571. The minimum absolute atomic E-state index is 0.183. The molecule has 2 atom stereocenters. The molecule has 2 aliphatic rings. The van der Waals surface area contributed by atoms with Gasteiger partial charge in [0.15, 0.2) is 11.4 Å². The number of carbonyl (C=O) groups excluding carboxylic acids is 1. The topological polar surface area (TPSA) is 29.6 Å². The predicted molar refractivity (Wildman–Crippen MR) is 32.0 cm³/mol. The zero-order valence-corrected chi connectivity index (χ0v) is 5.09. The summed E-state index contributed by atoms with van der Waals surface area (Å²) in [5.41, 5.74) is -0.514. The first-order valence-corrected chi connectivity index (χ1v) is 3.14. The van der Waals surface area contributed by atoms with Crippen molar-refractivity contribution in [1.29, 1.82) is 0 Å². The first-order valence-electron chi connectivity index (χ1n) is 3.14. The Morgan fingerprint density at radius 1 is 1.89 bits per heavy atom. The molecule has 0 bridgehead atoms. The van der Waals surface area contributed by atoms with Crippen LogP contribution in [0.1, 0.15) is 12.8 Å². The monoisotopic (exact) mass is 124 g/mol. The number of fused-ring (bicyclic) bond motifs is 1. The molecule has 1 saturated heterocycles. The maximum absolute atomic E-state index is 11.0. The van der Waals surface area contributed by atoms with Gasteiger partial charge in [-0.2, -0.15) is 0 Å². The summed E-state index contributed by atoms with van der Waals surface area (Å²) in [6.07, 6.45) is 3.39. The maximum Gasteiger partial charge on any atom is 0.171 e. The molecule has 1 heterocycles. The molecule has 2 unspecified atom stereocenters. The van der Waals surface area contributed by atoms with Gasteiger partial charge in [-0.3, -0.25) is 4.79 Å². The van der Waals surface area contributed by atoms with E-state index in [0.29, 0.717) is 6.42 Å². The van der Waals surface area contributed by atoms with E-state index in [2.05, 4.69) is 6.58 Å². The number of ether oxygens (including phenoxy) is 1. The SMILES string of the molecule is C=CC12OC1CCC2=O. The smallest absolute Gasteiger partial charge is 0.171 e. The molecule has 0 spiro atoms. The van der Waals surface area contributed by atoms with Gasteiger partial charge in [0.1, 0.15) is 0 Å². The number of carbonyl (C=O) groups is 1. The summed E-state index contributed by atoms with van der Waals surface area (Å²) in [5.74, 6) is 0.211. The fourth-order valence-electron chi connectivity index (χ4n) is 1.47. The first-order chi connectivity index (χ1) is 4.29. The van der Waals surface area contributed by atoms with Crippen molar-refractivity contribution in [2.45, 2.75) is 24.5 Å². The lowest BCUT2D eigenvalue weighted by atomic mass is 10.1. The normalized spacial score (nSPS) is 46.7. The van der Waals surface area contributed by atoms with Crippen molar-refractivity contribution in [2.75, 3.05) is 0 Å². The van der Waals surface area contributed by atoms with E-state index in [1.54, 1.807) is 6.08 Å². The van der Waals surface area contributed by atoms with Crippen LogP contribution in [0.2, 0.25) is 0 Å². The average Bonchev–Trinajstić information content (AvgIpc) is 2.52. The van der Waals surface area contributed by atoms with Gasteiger partial charge in [0, 0.05) is 6.42 Å². The van der Waals surface area contributed by atoms with Crippen LogP contribution in [0.25, 0.3) is 0 Å². The molecule has 0 aromatic rings. The highest BCUT2D eigenvalue weighted by Gasteiger charge is 2.63. The van der Waals surface area contributed by atoms with Crippen LogP contribution in [0.5, 0.6) is 0 Å². The molecule has 0 radical (unpaired) electrons. The van der Waals surface area contributed by atoms with E-state index in [9.17, 15) is 4.79 Å². The van der Waals surface area contributed by atoms with Crippen LogP contribution in [0.4, 0.5) is 0 Å². The van der Waals surface area contributed by atoms with Gasteiger partial charge in [-0.1, -0.05) is 6.58 Å². The zero-order chi connectivity index (χ0) is 6.48. The molecule has 9 heavy (non-hydrogen) atoms. The van der Waals surface area contributed by atoms with Crippen molar-refractivity contribution < 1.29 is 9.53 Å². The lowest BCUT2D eigenvalue weighted by Crippen LogP contribution is -2.17. The van der Waals surface area contributed by atoms with E-state index < -0.39 is 5.60 Å². The van der Waals surface area contributed by atoms with Crippen LogP contribution < -0.4 is 0 Å². The Morgan fingerprint density at radius 3 is 2.89 bits per heavy atom. The van der Waals surface area contributed by atoms with Gasteiger partial charge in [0.05, 0.1) is 6.10 Å². The van der Waals surface area contributed by atoms with Crippen LogP contribution in [-0.4, -0.2) is 17.5 Å². The van der Waals surface area contributed by atoms with E-state index in [4.69, 9.17) is 4.74 Å². The molecule has 1 aliphatic heterocycles. The van der Waals surface area contributed by atoms with E-state index in [0.717, 1.165) is 6.42 Å². The van der Waals surface area contributed by atoms with Crippen LogP contribution >= 0.6 is 0 Å². The van der Waals surface area contributed by atoms with Gasteiger partial charge < -0.3 is 4.74 Å². The van der Waals surface area contributed by atoms with Crippen molar-refractivity contribution in [2.24, 2.45) is 0 Å². The van der Waals surface area contributed by atoms with Gasteiger partial charge >= 0.3 is 0 Å². The third-order valence-electron chi connectivity index (χ3n) is 2.13. The van der Waals surface area contributed by atoms with Gasteiger partial charge in [-0.05, 0) is 12.5 Å². The minimum Gasteiger partial charge on any atom is -0.353 e. The van der Waals surface area contributed by atoms with Crippen molar-refractivity contribution in [3.8, 4) is 0 Å². The molecule has 0 aromatic heterocycles. The summed E-state index contributed by atoms with van der Waals surface area (Å²) < 4.78 is 5.13. The van der Waals surface area contributed by atoms with Crippen LogP contribution in [0.15, 0.2) is 12.7 Å². The number of hydrogen-bond donors (Lipinski definition) is 0. The van der Waals surface area contributed by atoms with E-state index in [1.165, 1.54) is 0 Å². The highest BCUT2D eigenvalue weighted by molar-refractivity contribution is 5.95. The third kappa shape index (κ3) is 0.425. The number of Topliss-reactive ketones (excluding diaryl/α,β-unsaturated/α-hetero) is 1. The Bertz CT molecular complexity index is 185. The fourth-order valence-corrected chi connectivity index (χ4v) is 1.47. The molecule has 2 rings (SSSR count). The van der Waals surface area contributed by atoms with E-state index in [-0.39, 0.29) is 11.9 Å². The summed E-state index contributed by atoms with van der Waals surface area (Å²) in [6.45, 7) is 3.56. The average molecular weight is 124 g/mol. The molecular formula is C7H8O2. The van der Waals surface area contributed by atoms with Crippen LogP contribution in [-0.2, 0) is 9.53 Å². The number of rotatable bonds is 1. The van der Waals surface area contributed by atoms with Gasteiger partial charge in [-0.25, -0.2) is 0 Å². The Kier molecular flexibility index (Phi) is 0.728. The summed E-state index contributed by atoms with van der Waals surface area (Å²) in [7, 11) is 0. The Hall–Kier alpha value is -0.630. The molecule has 2 fully saturated rings. The number of ketones is 1.